The summed E-state index contributed by atoms with van der Waals surface area (Å²) in [5.74, 6) is 6.88. The molecule has 0 saturated carbocycles. The predicted octanol–water partition coefficient (Wildman–Crippen LogP) is 0.990. The van der Waals surface area contributed by atoms with Crippen molar-refractivity contribution in [2.75, 3.05) is 23.4 Å². The highest BCUT2D eigenvalue weighted by atomic mass is 32.2. The van der Waals surface area contributed by atoms with Crippen LogP contribution in [0.3, 0.4) is 0 Å². The number of piperidine rings is 1. The molecule has 3 N–H and O–H groups in total. The van der Waals surface area contributed by atoms with E-state index >= 15 is 0 Å². The molecule has 1 aliphatic heterocycles. The zero-order valence-electron chi connectivity index (χ0n) is 11.6. The molecule has 21 heavy (non-hydrogen) atoms. The van der Waals surface area contributed by atoms with Gasteiger partial charge < -0.3 is 9.32 Å². The monoisotopic (exact) mass is 308 g/mol. The van der Waals surface area contributed by atoms with E-state index in [1.807, 2.05) is 0 Å². The zero-order chi connectivity index (χ0) is 14.7. The highest BCUT2D eigenvalue weighted by molar-refractivity contribution is 7.98. The summed E-state index contributed by atoms with van der Waals surface area (Å²) in [5.41, 5.74) is 2.47. The normalized spacial score (nSPS) is 15.2. The average Bonchev–Trinajstić information content (AvgIpc) is 2.93. The first kappa shape index (κ1) is 14.0. The van der Waals surface area contributed by atoms with Crippen LogP contribution in [0.15, 0.2) is 14.8 Å². The van der Waals surface area contributed by atoms with Crippen molar-refractivity contribution < 1.29 is 4.42 Å². The minimum atomic E-state index is 0.323. The van der Waals surface area contributed by atoms with E-state index in [1.165, 1.54) is 18.2 Å². The van der Waals surface area contributed by atoms with Gasteiger partial charge in [0.1, 0.15) is 0 Å². The number of nitrogens with zero attached hydrogens (tertiary/aromatic N) is 6. The van der Waals surface area contributed by atoms with Crippen LogP contribution in [0, 0.1) is 6.92 Å². The van der Waals surface area contributed by atoms with Gasteiger partial charge in [-0.3, -0.25) is 5.43 Å². The molecule has 0 aliphatic carbocycles. The van der Waals surface area contributed by atoms with E-state index < -0.39 is 0 Å². The molecule has 2 aromatic heterocycles. The quantitative estimate of drug-likeness (QED) is 0.625. The molecular formula is C11H16N8OS. The maximum atomic E-state index is 5.43. The fraction of sp³-hybridized carbons (Fsp3) is 0.545. The van der Waals surface area contributed by atoms with Gasteiger partial charge in [-0.15, -0.1) is 10.2 Å². The Hall–Kier alpha value is -1.94. The molecule has 1 fully saturated rings. The smallest absolute Gasteiger partial charge is 0.284 e. The second-order valence-electron chi connectivity index (χ2n) is 4.62. The summed E-state index contributed by atoms with van der Waals surface area (Å²) < 4.78 is 5.32. The summed E-state index contributed by atoms with van der Waals surface area (Å²) in [6.45, 7) is 3.62. The Balaban J connectivity index is 1.85. The topological polar surface area (TPSA) is 119 Å². The minimum Gasteiger partial charge on any atom is -0.416 e. The number of anilines is 2. The van der Waals surface area contributed by atoms with Gasteiger partial charge in [0.25, 0.3) is 5.22 Å². The van der Waals surface area contributed by atoms with Crippen LogP contribution in [0.4, 0.5) is 11.9 Å². The Morgan fingerprint density at radius 3 is 2.62 bits per heavy atom. The summed E-state index contributed by atoms with van der Waals surface area (Å²) >= 11 is 1.19. The third-order valence-corrected chi connectivity index (χ3v) is 3.76. The summed E-state index contributed by atoms with van der Waals surface area (Å²) in [4.78, 5) is 15.1. The van der Waals surface area contributed by atoms with Crippen LogP contribution in [0.5, 0.6) is 0 Å². The van der Waals surface area contributed by atoms with Gasteiger partial charge in [-0.25, -0.2) is 5.84 Å². The number of aromatic nitrogens is 5. The molecule has 1 saturated heterocycles. The lowest BCUT2D eigenvalue weighted by molar-refractivity contribution is 0.429. The first-order valence-electron chi connectivity index (χ1n) is 6.70. The molecule has 0 unspecified atom stereocenters. The lowest BCUT2D eigenvalue weighted by Gasteiger charge is -2.26. The van der Waals surface area contributed by atoms with E-state index in [0.717, 1.165) is 25.9 Å². The van der Waals surface area contributed by atoms with Crippen molar-refractivity contribution in [3.05, 3.63) is 5.89 Å². The molecule has 9 nitrogen and oxygen atoms in total. The van der Waals surface area contributed by atoms with Gasteiger partial charge >= 0.3 is 0 Å². The summed E-state index contributed by atoms with van der Waals surface area (Å²) in [5, 5.41) is 8.57. The van der Waals surface area contributed by atoms with E-state index in [1.54, 1.807) is 6.92 Å². The maximum Gasteiger partial charge on any atom is 0.284 e. The van der Waals surface area contributed by atoms with Gasteiger partial charge in [-0.1, -0.05) is 0 Å². The van der Waals surface area contributed by atoms with Gasteiger partial charge in [0.05, 0.1) is 0 Å². The first-order chi connectivity index (χ1) is 10.2. The van der Waals surface area contributed by atoms with Crippen LogP contribution in [0.25, 0.3) is 0 Å². The Labute approximate surface area is 125 Å². The largest absolute Gasteiger partial charge is 0.416 e. The third kappa shape index (κ3) is 3.39. The van der Waals surface area contributed by atoms with Crippen LogP contribution < -0.4 is 16.2 Å². The van der Waals surface area contributed by atoms with E-state index in [9.17, 15) is 0 Å². The average molecular weight is 308 g/mol. The minimum absolute atomic E-state index is 0.323. The molecule has 0 spiro atoms. The summed E-state index contributed by atoms with van der Waals surface area (Å²) in [6.07, 6.45) is 3.53. The maximum absolute atomic E-state index is 5.43. The summed E-state index contributed by atoms with van der Waals surface area (Å²) in [6, 6.07) is 0. The number of nitrogen functional groups attached to an aromatic ring is 1. The molecule has 0 bridgehead atoms. The highest BCUT2D eigenvalue weighted by Crippen LogP contribution is 2.26. The molecule has 3 heterocycles. The SMILES string of the molecule is Cc1nnc(Sc2nc(NN)nc(N3CCCCC3)n2)o1. The van der Waals surface area contributed by atoms with Gasteiger partial charge in [-0.05, 0) is 19.3 Å². The third-order valence-electron chi connectivity index (χ3n) is 3.06. The number of hydrogen-bond acceptors (Lipinski definition) is 10. The lowest BCUT2D eigenvalue weighted by Crippen LogP contribution is -2.31. The van der Waals surface area contributed by atoms with Crippen molar-refractivity contribution in [3.8, 4) is 0 Å². The molecule has 10 heteroatoms. The molecule has 1 aliphatic rings. The Bertz CT molecular complexity index is 612. The molecule has 0 amide bonds. The van der Waals surface area contributed by atoms with Crippen LogP contribution in [-0.2, 0) is 0 Å². The Morgan fingerprint density at radius 2 is 1.95 bits per heavy atom. The predicted molar refractivity (Wildman–Crippen MR) is 76.9 cm³/mol. The second kappa shape index (κ2) is 6.22. The number of rotatable bonds is 4. The molecule has 2 aromatic rings. The van der Waals surface area contributed by atoms with Crippen molar-refractivity contribution in [1.29, 1.82) is 0 Å². The molecule has 0 radical (unpaired) electrons. The number of nitrogens with two attached hydrogens (primary N) is 1. The fourth-order valence-electron chi connectivity index (χ4n) is 2.09. The van der Waals surface area contributed by atoms with Crippen molar-refractivity contribution >= 4 is 23.7 Å². The van der Waals surface area contributed by atoms with Gasteiger partial charge in [0, 0.05) is 31.8 Å². The Kier molecular flexibility index (Phi) is 4.15. The van der Waals surface area contributed by atoms with Crippen LogP contribution in [0.2, 0.25) is 0 Å². The van der Waals surface area contributed by atoms with E-state index in [-0.39, 0.29) is 0 Å². The van der Waals surface area contributed by atoms with E-state index in [2.05, 4.69) is 35.5 Å². The lowest BCUT2D eigenvalue weighted by atomic mass is 10.1. The Morgan fingerprint density at radius 1 is 1.14 bits per heavy atom. The molecule has 0 aromatic carbocycles. The molecule has 0 atom stereocenters. The number of hydrazine groups is 1. The van der Waals surface area contributed by atoms with Crippen molar-refractivity contribution in [1.82, 2.24) is 25.1 Å². The standard InChI is InChI=1S/C11H16N8OS/c1-7-17-18-11(20-7)21-10-14-8(16-12)13-9(15-10)19-5-3-2-4-6-19/h2-6,12H2,1H3,(H,13,14,15,16). The molecule has 112 valence electrons. The fourth-order valence-corrected chi connectivity index (χ4v) is 2.75. The van der Waals surface area contributed by atoms with Crippen molar-refractivity contribution in [2.24, 2.45) is 5.84 Å². The number of nitrogens with one attached hydrogen (secondary N) is 1. The van der Waals surface area contributed by atoms with Gasteiger partial charge in [0.2, 0.25) is 22.9 Å². The van der Waals surface area contributed by atoms with Crippen molar-refractivity contribution in [2.45, 2.75) is 36.6 Å². The van der Waals surface area contributed by atoms with Gasteiger partial charge in [-0.2, -0.15) is 15.0 Å². The van der Waals surface area contributed by atoms with Crippen LogP contribution >= 0.6 is 11.8 Å². The first-order valence-corrected chi connectivity index (χ1v) is 7.52. The second-order valence-corrected chi connectivity index (χ2v) is 5.54. The summed E-state index contributed by atoms with van der Waals surface area (Å²) in [7, 11) is 0. The highest BCUT2D eigenvalue weighted by Gasteiger charge is 2.17. The zero-order valence-corrected chi connectivity index (χ0v) is 12.4. The van der Waals surface area contributed by atoms with E-state index in [4.69, 9.17) is 10.3 Å². The van der Waals surface area contributed by atoms with E-state index in [0.29, 0.717) is 28.2 Å². The number of hydrogen-bond donors (Lipinski definition) is 2. The molecule has 3 rings (SSSR count). The number of aryl methyl sites for hydroxylation is 1. The van der Waals surface area contributed by atoms with Crippen LogP contribution in [-0.4, -0.2) is 38.2 Å². The van der Waals surface area contributed by atoms with Crippen LogP contribution in [0.1, 0.15) is 25.2 Å². The van der Waals surface area contributed by atoms with Crippen molar-refractivity contribution in [3.63, 3.8) is 0 Å². The molecular weight excluding hydrogens is 292 g/mol. The van der Waals surface area contributed by atoms with Gasteiger partial charge in [0.15, 0.2) is 0 Å².